The summed E-state index contributed by atoms with van der Waals surface area (Å²) in [6, 6.07) is 10.2. The van der Waals surface area contributed by atoms with Crippen molar-refractivity contribution in [1.29, 1.82) is 0 Å². The van der Waals surface area contributed by atoms with E-state index in [1.54, 1.807) is 0 Å². The third-order valence-corrected chi connectivity index (χ3v) is 5.34. The van der Waals surface area contributed by atoms with Gasteiger partial charge in [-0.25, -0.2) is 0 Å². The predicted molar refractivity (Wildman–Crippen MR) is 78.0 cm³/mol. The van der Waals surface area contributed by atoms with Crippen molar-refractivity contribution in [3.05, 3.63) is 48.0 Å². The second-order valence-electron chi connectivity index (χ2n) is 5.49. The lowest BCUT2D eigenvalue weighted by atomic mass is 9.92. The molecule has 0 amide bonds. The Bertz CT molecular complexity index is 485. The van der Waals surface area contributed by atoms with Crippen LogP contribution in [0.4, 0.5) is 0 Å². The van der Waals surface area contributed by atoms with Crippen molar-refractivity contribution < 1.29 is 9.53 Å². The van der Waals surface area contributed by atoms with Crippen LogP contribution in [0.15, 0.2) is 42.5 Å². The molecule has 1 unspecified atom stereocenters. The maximum Gasteiger partial charge on any atom is 0.137 e. The van der Waals surface area contributed by atoms with Crippen LogP contribution >= 0.6 is 15.9 Å². The average Bonchev–Trinajstić information content (AvgIpc) is 2.95. The number of ether oxygens (including phenoxy) is 1. The van der Waals surface area contributed by atoms with Crippen molar-refractivity contribution in [3.63, 3.8) is 0 Å². The average molecular weight is 321 g/mol. The maximum absolute atomic E-state index is 11.2. The molecule has 0 saturated heterocycles. The third-order valence-electron chi connectivity index (χ3n) is 4.30. The summed E-state index contributed by atoms with van der Waals surface area (Å²) in [6.45, 7) is 1.37. The number of carbonyl (C=O) groups excluding carboxylic acids is 1. The summed E-state index contributed by atoms with van der Waals surface area (Å²) in [5.74, 6) is 1.20. The lowest BCUT2D eigenvalue weighted by Crippen LogP contribution is -2.30. The van der Waals surface area contributed by atoms with Crippen molar-refractivity contribution in [2.45, 2.75) is 17.4 Å². The van der Waals surface area contributed by atoms with Crippen molar-refractivity contribution in [2.75, 3.05) is 6.61 Å². The second-order valence-corrected chi connectivity index (χ2v) is 6.96. The van der Waals surface area contributed by atoms with Crippen molar-refractivity contribution in [1.82, 2.24) is 0 Å². The molecule has 1 saturated carbocycles. The lowest BCUT2D eigenvalue weighted by Gasteiger charge is -2.23. The van der Waals surface area contributed by atoms with Crippen LogP contribution in [0.25, 0.3) is 0 Å². The van der Waals surface area contributed by atoms with Crippen LogP contribution in [-0.2, 0) is 16.1 Å². The van der Waals surface area contributed by atoms with Crippen LogP contribution in [0.5, 0.6) is 0 Å². The Morgan fingerprint density at radius 3 is 2.79 bits per heavy atom. The molecule has 2 aliphatic rings. The number of hydrogen-bond acceptors (Lipinski definition) is 2. The van der Waals surface area contributed by atoms with Crippen LogP contribution in [0.2, 0.25) is 0 Å². The molecule has 0 radical (unpaired) electrons. The number of aldehydes is 1. The molecule has 3 heteroatoms. The van der Waals surface area contributed by atoms with Crippen molar-refractivity contribution >= 4 is 22.2 Å². The molecule has 1 fully saturated rings. The summed E-state index contributed by atoms with van der Waals surface area (Å²) >= 11 is 3.60. The van der Waals surface area contributed by atoms with Gasteiger partial charge in [-0.15, -0.1) is 0 Å². The topological polar surface area (TPSA) is 26.3 Å². The van der Waals surface area contributed by atoms with Crippen LogP contribution in [0, 0.1) is 17.8 Å². The lowest BCUT2D eigenvalue weighted by molar-refractivity contribution is -0.110. The molecule has 19 heavy (non-hydrogen) atoms. The highest BCUT2D eigenvalue weighted by Gasteiger charge is 2.53. The molecule has 2 nitrogen and oxygen atoms in total. The molecule has 2 aliphatic carbocycles. The second kappa shape index (κ2) is 5.22. The summed E-state index contributed by atoms with van der Waals surface area (Å²) in [6.07, 6.45) is 6.38. The first-order valence-electron chi connectivity index (χ1n) is 6.68. The predicted octanol–water partition coefficient (Wildman–Crippen LogP) is 3.36. The van der Waals surface area contributed by atoms with Crippen LogP contribution in [-0.4, -0.2) is 17.2 Å². The molecule has 0 heterocycles. The van der Waals surface area contributed by atoms with Gasteiger partial charge in [0.1, 0.15) is 6.29 Å². The minimum absolute atomic E-state index is 0.283. The first-order chi connectivity index (χ1) is 9.23. The number of fused-ring (bicyclic) bond motifs is 2. The minimum Gasteiger partial charge on any atom is -0.376 e. The van der Waals surface area contributed by atoms with E-state index in [2.05, 4.69) is 40.2 Å². The largest absolute Gasteiger partial charge is 0.376 e. The molecule has 3 rings (SSSR count). The van der Waals surface area contributed by atoms with E-state index in [1.165, 1.54) is 5.56 Å². The van der Waals surface area contributed by atoms with Gasteiger partial charge >= 0.3 is 0 Å². The molecular weight excluding hydrogens is 304 g/mol. The van der Waals surface area contributed by atoms with Crippen LogP contribution < -0.4 is 0 Å². The Morgan fingerprint density at radius 1 is 1.32 bits per heavy atom. The molecule has 4 atom stereocenters. The van der Waals surface area contributed by atoms with Gasteiger partial charge in [-0.3, -0.25) is 0 Å². The Labute approximate surface area is 122 Å². The molecule has 2 bridgehead atoms. The highest BCUT2D eigenvalue weighted by atomic mass is 79.9. The zero-order valence-electron chi connectivity index (χ0n) is 10.7. The van der Waals surface area contributed by atoms with Gasteiger partial charge in [0.05, 0.1) is 17.5 Å². The van der Waals surface area contributed by atoms with Gasteiger partial charge in [0.15, 0.2) is 0 Å². The van der Waals surface area contributed by atoms with E-state index in [1.807, 2.05) is 18.2 Å². The van der Waals surface area contributed by atoms with Gasteiger partial charge in [-0.1, -0.05) is 58.4 Å². The molecule has 100 valence electrons. The molecule has 1 aromatic rings. The quantitative estimate of drug-likeness (QED) is 0.472. The number of carbonyl (C=O) groups is 1. The van der Waals surface area contributed by atoms with Gasteiger partial charge in [0, 0.05) is 5.92 Å². The van der Waals surface area contributed by atoms with E-state index >= 15 is 0 Å². The van der Waals surface area contributed by atoms with E-state index in [9.17, 15) is 4.79 Å². The number of benzene rings is 1. The minimum atomic E-state index is -0.354. The number of allylic oxidation sites excluding steroid dienone is 2. The number of halogens is 1. The summed E-state index contributed by atoms with van der Waals surface area (Å²) < 4.78 is 5.49. The highest BCUT2D eigenvalue weighted by Crippen LogP contribution is 2.53. The zero-order chi connectivity index (χ0) is 13.3. The molecule has 0 aromatic heterocycles. The fourth-order valence-corrected chi connectivity index (χ4v) is 4.15. The smallest absolute Gasteiger partial charge is 0.137 e. The molecular formula is C16H17BrO2. The Balaban J connectivity index is 1.56. The Morgan fingerprint density at radius 2 is 2.11 bits per heavy atom. The third kappa shape index (κ3) is 2.41. The van der Waals surface area contributed by atoms with E-state index in [0.29, 0.717) is 18.4 Å². The molecule has 0 aliphatic heterocycles. The molecule has 0 N–H and O–H groups in total. The fourth-order valence-electron chi connectivity index (χ4n) is 3.29. The first kappa shape index (κ1) is 13.1. The summed E-state index contributed by atoms with van der Waals surface area (Å²) in [5.41, 5.74) is 1.20. The van der Waals surface area contributed by atoms with E-state index in [4.69, 9.17) is 4.74 Å². The Hall–Kier alpha value is -0.930. The normalized spacial score (nSPS) is 35.7. The standard InChI is InChI=1S/C16H17BrO2/c17-16(11-18)8-13-6-7-15(16)14(13)10-19-9-12-4-2-1-3-5-12/h1-7,11,13-15H,8-10H2/t13-,14?,15-,16-/m1/s1. The van der Waals surface area contributed by atoms with Crippen molar-refractivity contribution in [3.8, 4) is 0 Å². The maximum atomic E-state index is 11.2. The van der Waals surface area contributed by atoms with Crippen LogP contribution in [0.1, 0.15) is 12.0 Å². The SMILES string of the molecule is O=C[C@]1(Br)C[C@H]2C=C[C@@H]1C2COCc1ccccc1. The van der Waals surface area contributed by atoms with Gasteiger partial charge < -0.3 is 9.53 Å². The van der Waals surface area contributed by atoms with Gasteiger partial charge in [0.25, 0.3) is 0 Å². The van der Waals surface area contributed by atoms with Crippen LogP contribution in [0.3, 0.4) is 0 Å². The van der Waals surface area contributed by atoms with Gasteiger partial charge in [-0.2, -0.15) is 0 Å². The van der Waals surface area contributed by atoms with E-state index in [-0.39, 0.29) is 10.2 Å². The first-order valence-corrected chi connectivity index (χ1v) is 7.47. The van der Waals surface area contributed by atoms with Gasteiger partial charge in [-0.05, 0) is 23.8 Å². The zero-order valence-corrected chi connectivity index (χ0v) is 12.3. The van der Waals surface area contributed by atoms with Gasteiger partial charge in [0.2, 0.25) is 0 Å². The number of rotatable bonds is 5. The van der Waals surface area contributed by atoms with E-state index < -0.39 is 0 Å². The summed E-state index contributed by atoms with van der Waals surface area (Å²) in [4.78, 5) is 11.2. The molecule has 1 aromatic carbocycles. The summed E-state index contributed by atoms with van der Waals surface area (Å²) in [5, 5.41) is 0. The fraction of sp³-hybridized carbons (Fsp3) is 0.438. The summed E-state index contributed by atoms with van der Waals surface area (Å²) in [7, 11) is 0. The number of alkyl halides is 1. The molecule has 0 spiro atoms. The van der Waals surface area contributed by atoms with Crippen molar-refractivity contribution in [2.24, 2.45) is 17.8 Å². The monoisotopic (exact) mass is 320 g/mol. The Kier molecular flexibility index (Phi) is 3.59. The van der Waals surface area contributed by atoms with E-state index in [0.717, 1.165) is 19.3 Å². The number of hydrogen-bond donors (Lipinski definition) is 0. The highest BCUT2D eigenvalue weighted by molar-refractivity contribution is 9.10.